The van der Waals surface area contributed by atoms with Gasteiger partial charge in [0.1, 0.15) is 23.7 Å². The molecule has 0 aliphatic carbocycles. The van der Waals surface area contributed by atoms with Gasteiger partial charge >= 0.3 is 0 Å². The zero-order valence-electron chi connectivity index (χ0n) is 20.4. The van der Waals surface area contributed by atoms with Gasteiger partial charge in [0.2, 0.25) is 0 Å². The Morgan fingerprint density at radius 1 is 0.971 bits per heavy atom. The highest BCUT2D eigenvalue weighted by molar-refractivity contribution is 6.42. The van der Waals surface area contributed by atoms with Gasteiger partial charge in [0, 0.05) is 52.0 Å². The topological polar surface area (TPSA) is 48.8 Å². The predicted molar refractivity (Wildman–Crippen MR) is 140 cm³/mol. The number of benzene rings is 2. The lowest BCUT2D eigenvalue weighted by atomic mass is 9.91. The summed E-state index contributed by atoms with van der Waals surface area (Å²) >= 11 is 12.1. The average Bonchev–Trinajstić information content (AvgIpc) is 3.29. The van der Waals surface area contributed by atoms with E-state index in [1.54, 1.807) is 19.2 Å². The minimum absolute atomic E-state index is 0.296. The van der Waals surface area contributed by atoms with E-state index in [1.165, 1.54) is 11.1 Å². The monoisotopic (exact) mass is 517 g/mol. The number of piperidine rings is 1. The highest BCUT2D eigenvalue weighted by Gasteiger charge is 2.35. The van der Waals surface area contributed by atoms with Crippen molar-refractivity contribution in [1.29, 1.82) is 0 Å². The summed E-state index contributed by atoms with van der Waals surface area (Å²) in [6.07, 6.45) is 6.66. The van der Waals surface area contributed by atoms with E-state index < -0.39 is 0 Å². The molecule has 1 fully saturated rings. The van der Waals surface area contributed by atoms with Gasteiger partial charge in [-0.2, -0.15) is 5.10 Å². The molecule has 188 valence electrons. The Balaban J connectivity index is 1.19. The molecule has 0 radical (unpaired) electrons. The van der Waals surface area contributed by atoms with Gasteiger partial charge in [-0.05, 0) is 55.2 Å². The third-order valence-electron chi connectivity index (χ3n) is 6.49. The van der Waals surface area contributed by atoms with Gasteiger partial charge in [0.15, 0.2) is 0 Å². The van der Waals surface area contributed by atoms with Gasteiger partial charge in [-0.1, -0.05) is 35.3 Å². The van der Waals surface area contributed by atoms with Gasteiger partial charge in [-0.25, -0.2) is 0 Å². The molecule has 1 aliphatic rings. The molecule has 6 nitrogen and oxygen atoms in total. The normalized spacial score (nSPS) is 15.8. The van der Waals surface area contributed by atoms with E-state index in [9.17, 15) is 0 Å². The molecular formula is C27H33Cl2N3O3. The van der Waals surface area contributed by atoms with Crippen LogP contribution in [0.2, 0.25) is 10.0 Å². The number of methoxy groups -OCH3 is 1. The molecule has 0 saturated carbocycles. The second kappa shape index (κ2) is 12.1. The van der Waals surface area contributed by atoms with Crippen molar-refractivity contribution in [3.63, 3.8) is 0 Å². The fourth-order valence-electron chi connectivity index (χ4n) is 4.26. The lowest BCUT2D eigenvalue weighted by Crippen LogP contribution is -2.48. The first-order valence-corrected chi connectivity index (χ1v) is 12.8. The van der Waals surface area contributed by atoms with Crippen molar-refractivity contribution in [3.05, 3.63) is 76.0 Å². The summed E-state index contributed by atoms with van der Waals surface area (Å²) < 4.78 is 19.8. The zero-order valence-corrected chi connectivity index (χ0v) is 21.9. The molecule has 1 aliphatic heterocycles. The second-order valence-electron chi connectivity index (χ2n) is 9.15. The summed E-state index contributed by atoms with van der Waals surface area (Å²) in [5.41, 5.74) is 2.16. The van der Waals surface area contributed by atoms with E-state index in [1.807, 2.05) is 23.9 Å². The zero-order chi connectivity index (χ0) is 24.7. The molecule has 0 amide bonds. The number of aromatic nitrogens is 2. The van der Waals surface area contributed by atoms with E-state index in [4.69, 9.17) is 37.4 Å². The molecule has 3 aromatic rings. The number of rotatable bonds is 11. The summed E-state index contributed by atoms with van der Waals surface area (Å²) in [6, 6.07) is 13.7. The number of aryl methyl sites for hydroxylation is 2. The van der Waals surface area contributed by atoms with Gasteiger partial charge in [0.25, 0.3) is 0 Å². The van der Waals surface area contributed by atoms with E-state index >= 15 is 0 Å². The fourth-order valence-corrected chi connectivity index (χ4v) is 4.55. The van der Waals surface area contributed by atoms with E-state index in [0.717, 1.165) is 51.2 Å². The maximum absolute atomic E-state index is 6.10. The summed E-state index contributed by atoms with van der Waals surface area (Å²) in [5.74, 6) is 1.61. The standard InChI is InChI=1S/C27H33Cl2N3O3/c1-21-17-30-32(18-21)12-3-15-34-23-6-4-22(5-7-23)19-31-13-10-27(33-2,11-14-31)20-35-24-8-9-25(28)26(29)16-24/h4-9,16-18H,3,10-15,19-20H2,1-2H3. The molecule has 0 unspecified atom stereocenters. The van der Waals surface area contributed by atoms with Crippen LogP contribution in [0.15, 0.2) is 54.9 Å². The van der Waals surface area contributed by atoms with Gasteiger partial charge in [-0.15, -0.1) is 0 Å². The minimum Gasteiger partial charge on any atom is -0.494 e. The third-order valence-corrected chi connectivity index (χ3v) is 7.22. The van der Waals surface area contributed by atoms with Crippen molar-refractivity contribution in [2.75, 3.05) is 33.4 Å². The molecule has 35 heavy (non-hydrogen) atoms. The van der Waals surface area contributed by atoms with Crippen LogP contribution in [0, 0.1) is 6.92 Å². The van der Waals surface area contributed by atoms with Crippen LogP contribution in [0.1, 0.15) is 30.4 Å². The van der Waals surface area contributed by atoms with Crippen molar-refractivity contribution in [2.45, 2.75) is 44.9 Å². The lowest BCUT2D eigenvalue weighted by Gasteiger charge is -2.40. The molecule has 4 rings (SSSR count). The number of halogens is 2. The Kier molecular flexibility index (Phi) is 8.95. The molecule has 0 N–H and O–H groups in total. The van der Waals surface area contributed by atoms with Crippen LogP contribution >= 0.6 is 23.2 Å². The van der Waals surface area contributed by atoms with Crippen LogP contribution in [0.4, 0.5) is 0 Å². The van der Waals surface area contributed by atoms with Gasteiger partial charge in [-0.3, -0.25) is 9.58 Å². The Hall–Kier alpha value is -2.25. The summed E-state index contributed by atoms with van der Waals surface area (Å²) in [5, 5.41) is 5.32. The van der Waals surface area contributed by atoms with Crippen molar-refractivity contribution < 1.29 is 14.2 Å². The maximum Gasteiger partial charge on any atom is 0.121 e. The average molecular weight is 518 g/mol. The smallest absolute Gasteiger partial charge is 0.121 e. The Morgan fingerprint density at radius 2 is 1.71 bits per heavy atom. The summed E-state index contributed by atoms with van der Waals surface area (Å²) in [6.45, 7) is 6.88. The number of ether oxygens (including phenoxy) is 3. The molecule has 2 heterocycles. The first kappa shape index (κ1) is 25.8. The molecule has 1 aromatic heterocycles. The first-order valence-electron chi connectivity index (χ1n) is 12.0. The summed E-state index contributed by atoms with van der Waals surface area (Å²) in [7, 11) is 1.77. The Bertz CT molecular complexity index is 1080. The van der Waals surface area contributed by atoms with Crippen molar-refractivity contribution in [1.82, 2.24) is 14.7 Å². The van der Waals surface area contributed by atoms with E-state index in [-0.39, 0.29) is 5.60 Å². The van der Waals surface area contributed by atoms with Gasteiger partial charge < -0.3 is 14.2 Å². The first-order chi connectivity index (χ1) is 16.9. The van der Waals surface area contributed by atoms with Crippen LogP contribution in [0.25, 0.3) is 0 Å². The van der Waals surface area contributed by atoms with Crippen molar-refractivity contribution in [2.24, 2.45) is 0 Å². The molecule has 2 aromatic carbocycles. The van der Waals surface area contributed by atoms with Crippen LogP contribution in [0.5, 0.6) is 11.5 Å². The molecule has 0 bridgehead atoms. The minimum atomic E-state index is -0.296. The maximum atomic E-state index is 6.10. The van der Waals surface area contributed by atoms with Crippen LogP contribution in [0.3, 0.4) is 0 Å². The SMILES string of the molecule is COC1(COc2ccc(Cl)c(Cl)c2)CCN(Cc2ccc(OCCCn3cc(C)cn3)cc2)CC1. The third kappa shape index (κ3) is 7.37. The number of hydrogen-bond donors (Lipinski definition) is 0. The molecule has 1 saturated heterocycles. The number of likely N-dealkylation sites (tertiary alicyclic amines) is 1. The van der Waals surface area contributed by atoms with E-state index in [2.05, 4.69) is 40.5 Å². The quantitative estimate of drug-likeness (QED) is 0.290. The largest absolute Gasteiger partial charge is 0.494 e. The van der Waals surface area contributed by atoms with E-state index in [0.29, 0.717) is 29.0 Å². The molecule has 0 spiro atoms. The van der Waals surface area contributed by atoms with Gasteiger partial charge in [0.05, 0.1) is 22.8 Å². The van der Waals surface area contributed by atoms with Crippen LogP contribution in [-0.2, 0) is 17.8 Å². The molecule has 0 atom stereocenters. The number of nitrogens with zero attached hydrogens (tertiary/aromatic N) is 3. The molecular weight excluding hydrogens is 485 g/mol. The molecule has 8 heteroatoms. The second-order valence-corrected chi connectivity index (χ2v) is 9.97. The highest BCUT2D eigenvalue weighted by Crippen LogP contribution is 2.30. The van der Waals surface area contributed by atoms with Crippen LogP contribution in [-0.4, -0.2) is 53.7 Å². The van der Waals surface area contributed by atoms with Crippen molar-refractivity contribution >= 4 is 23.2 Å². The Morgan fingerprint density at radius 3 is 2.37 bits per heavy atom. The summed E-state index contributed by atoms with van der Waals surface area (Å²) in [4.78, 5) is 2.46. The predicted octanol–water partition coefficient (Wildman–Crippen LogP) is 6.03. The van der Waals surface area contributed by atoms with Crippen molar-refractivity contribution in [3.8, 4) is 11.5 Å². The lowest BCUT2D eigenvalue weighted by molar-refractivity contribution is -0.0839. The highest BCUT2D eigenvalue weighted by atomic mass is 35.5. The Labute approximate surface area is 217 Å². The fraction of sp³-hybridized carbons (Fsp3) is 0.444. The van der Waals surface area contributed by atoms with Crippen LogP contribution < -0.4 is 9.47 Å². The number of hydrogen-bond acceptors (Lipinski definition) is 5.